The van der Waals surface area contributed by atoms with Crippen LogP contribution < -0.4 is 10.5 Å². The SMILES string of the molecule is CCc1cc(C(O)C(C)(C)N)ccc1OC. The highest BCUT2D eigenvalue weighted by atomic mass is 16.5. The van der Waals surface area contributed by atoms with Crippen molar-refractivity contribution in [1.29, 1.82) is 0 Å². The summed E-state index contributed by atoms with van der Waals surface area (Å²) >= 11 is 0. The van der Waals surface area contributed by atoms with Gasteiger partial charge in [0.05, 0.1) is 13.2 Å². The van der Waals surface area contributed by atoms with E-state index in [4.69, 9.17) is 10.5 Å². The first kappa shape index (κ1) is 13.0. The van der Waals surface area contributed by atoms with Gasteiger partial charge < -0.3 is 15.6 Å². The Bertz CT molecular complexity index is 355. The number of rotatable bonds is 4. The summed E-state index contributed by atoms with van der Waals surface area (Å²) in [5.74, 6) is 0.855. The lowest BCUT2D eigenvalue weighted by atomic mass is 9.91. The zero-order valence-corrected chi connectivity index (χ0v) is 10.4. The first-order chi connectivity index (χ1) is 7.40. The van der Waals surface area contributed by atoms with E-state index in [9.17, 15) is 5.11 Å². The van der Waals surface area contributed by atoms with Crippen LogP contribution in [0.1, 0.15) is 38.0 Å². The predicted molar refractivity (Wildman–Crippen MR) is 65.6 cm³/mol. The van der Waals surface area contributed by atoms with Gasteiger partial charge in [0.2, 0.25) is 0 Å². The highest BCUT2D eigenvalue weighted by Crippen LogP contribution is 2.28. The van der Waals surface area contributed by atoms with Gasteiger partial charge in [0.1, 0.15) is 5.75 Å². The average Bonchev–Trinajstić information content (AvgIpc) is 2.25. The topological polar surface area (TPSA) is 55.5 Å². The number of benzene rings is 1. The van der Waals surface area contributed by atoms with Gasteiger partial charge in [-0.25, -0.2) is 0 Å². The van der Waals surface area contributed by atoms with Crippen LogP contribution in [0.15, 0.2) is 18.2 Å². The quantitative estimate of drug-likeness (QED) is 0.821. The summed E-state index contributed by atoms with van der Waals surface area (Å²) in [7, 11) is 1.65. The molecule has 3 heteroatoms. The molecule has 0 aromatic heterocycles. The largest absolute Gasteiger partial charge is 0.496 e. The first-order valence-electron chi connectivity index (χ1n) is 5.54. The fourth-order valence-electron chi connectivity index (χ4n) is 1.67. The summed E-state index contributed by atoms with van der Waals surface area (Å²) in [6.45, 7) is 5.68. The van der Waals surface area contributed by atoms with E-state index in [1.807, 2.05) is 32.0 Å². The predicted octanol–water partition coefficient (Wildman–Crippen LogP) is 2.03. The number of aliphatic hydroxyl groups is 1. The average molecular weight is 223 g/mol. The van der Waals surface area contributed by atoms with Crippen molar-refractivity contribution in [3.05, 3.63) is 29.3 Å². The molecule has 0 aliphatic heterocycles. The second kappa shape index (κ2) is 4.85. The third-order valence-electron chi connectivity index (χ3n) is 2.71. The second-order valence-corrected chi connectivity index (χ2v) is 4.65. The molecule has 0 heterocycles. The Morgan fingerprint density at radius 1 is 1.44 bits per heavy atom. The van der Waals surface area contributed by atoms with Crippen LogP contribution in [0.5, 0.6) is 5.75 Å². The van der Waals surface area contributed by atoms with Gasteiger partial charge in [0.15, 0.2) is 0 Å². The molecule has 0 bridgehead atoms. The fraction of sp³-hybridized carbons (Fsp3) is 0.538. The summed E-state index contributed by atoms with van der Waals surface area (Å²) in [5.41, 5.74) is 7.18. The van der Waals surface area contributed by atoms with E-state index < -0.39 is 11.6 Å². The lowest BCUT2D eigenvalue weighted by Gasteiger charge is -2.26. The van der Waals surface area contributed by atoms with Gasteiger partial charge in [-0.05, 0) is 43.5 Å². The molecular formula is C13H21NO2. The standard InChI is InChI=1S/C13H21NO2/c1-5-9-8-10(6-7-11(9)16-4)12(15)13(2,3)14/h6-8,12,15H,5,14H2,1-4H3. The van der Waals surface area contributed by atoms with E-state index in [1.165, 1.54) is 0 Å². The van der Waals surface area contributed by atoms with Crippen molar-refractivity contribution in [2.75, 3.05) is 7.11 Å². The van der Waals surface area contributed by atoms with Gasteiger partial charge in [-0.3, -0.25) is 0 Å². The molecule has 90 valence electrons. The molecule has 3 nitrogen and oxygen atoms in total. The van der Waals surface area contributed by atoms with Crippen LogP contribution >= 0.6 is 0 Å². The summed E-state index contributed by atoms with van der Waals surface area (Å²) < 4.78 is 5.24. The van der Waals surface area contributed by atoms with Gasteiger partial charge in [0, 0.05) is 5.54 Å². The Morgan fingerprint density at radius 3 is 2.50 bits per heavy atom. The van der Waals surface area contributed by atoms with Crippen molar-refractivity contribution in [3.8, 4) is 5.75 Å². The van der Waals surface area contributed by atoms with Gasteiger partial charge in [-0.1, -0.05) is 13.0 Å². The van der Waals surface area contributed by atoms with Crippen LogP contribution in [0.4, 0.5) is 0 Å². The Kier molecular flexibility index (Phi) is 3.94. The molecule has 0 amide bonds. The Balaban J connectivity index is 3.08. The Labute approximate surface area is 97.2 Å². The molecule has 16 heavy (non-hydrogen) atoms. The molecule has 0 spiro atoms. The van der Waals surface area contributed by atoms with Gasteiger partial charge >= 0.3 is 0 Å². The third kappa shape index (κ3) is 2.74. The second-order valence-electron chi connectivity index (χ2n) is 4.65. The van der Waals surface area contributed by atoms with E-state index in [2.05, 4.69) is 6.92 Å². The third-order valence-corrected chi connectivity index (χ3v) is 2.71. The number of ether oxygens (including phenoxy) is 1. The highest BCUT2D eigenvalue weighted by Gasteiger charge is 2.24. The van der Waals surface area contributed by atoms with Crippen LogP contribution in [0.3, 0.4) is 0 Å². The van der Waals surface area contributed by atoms with Gasteiger partial charge in [0.25, 0.3) is 0 Å². The smallest absolute Gasteiger partial charge is 0.122 e. The monoisotopic (exact) mass is 223 g/mol. The lowest BCUT2D eigenvalue weighted by molar-refractivity contribution is 0.104. The fourth-order valence-corrected chi connectivity index (χ4v) is 1.67. The van der Waals surface area contributed by atoms with Crippen molar-refractivity contribution in [1.82, 2.24) is 0 Å². The molecule has 1 rings (SSSR count). The number of nitrogens with two attached hydrogens (primary N) is 1. The van der Waals surface area contributed by atoms with Crippen molar-refractivity contribution in [3.63, 3.8) is 0 Å². The lowest BCUT2D eigenvalue weighted by Crippen LogP contribution is -2.39. The summed E-state index contributed by atoms with van der Waals surface area (Å²) in [6.07, 6.45) is 0.207. The molecule has 3 N–H and O–H groups in total. The first-order valence-corrected chi connectivity index (χ1v) is 5.54. The van der Waals surface area contributed by atoms with Crippen LogP contribution in [0, 0.1) is 0 Å². The van der Waals surface area contributed by atoms with Crippen molar-refractivity contribution < 1.29 is 9.84 Å². The highest BCUT2D eigenvalue weighted by molar-refractivity contribution is 5.38. The molecular weight excluding hydrogens is 202 g/mol. The summed E-state index contributed by atoms with van der Waals surface area (Å²) in [5, 5.41) is 10.1. The van der Waals surface area contributed by atoms with E-state index in [0.29, 0.717) is 0 Å². The minimum absolute atomic E-state index is 0.639. The molecule has 1 aromatic rings. The maximum atomic E-state index is 10.1. The molecule has 1 atom stereocenters. The number of methoxy groups -OCH3 is 1. The molecule has 0 saturated carbocycles. The molecule has 0 fully saturated rings. The van der Waals surface area contributed by atoms with Crippen molar-refractivity contribution in [2.45, 2.75) is 38.8 Å². The van der Waals surface area contributed by atoms with Gasteiger partial charge in [-0.15, -0.1) is 0 Å². The van der Waals surface area contributed by atoms with Crippen LogP contribution in [-0.4, -0.2) is 17.8 Å². The molecule has 0 aliphatic carbocycles. The van der Waals surface area contributed by atoms with E-state index in [0.717, 1.165) is 23.3 Å². The number of hydrogen-bond donors (Lipinski definition) is 2. The van der Waals surface area contributed by atoms with Gasteiger partial charge in [-0.2, -0.15) is 0 Å². The van der Waals surface area contributed by atoms with E-state index in [-0.39, 0.29) is 0 Å². The number of aryl methyl sites for hydroxylation is 1. The zero-order valence-electron chi connectivity index (χ0n) is 10.4. The van der Waals surface area contributed by atoms with Crippen LogP contribution in [-0.2, 0) is 6.42 Å². The van der Waals surface area contributed by atoms with Crippen LogP contribution in [0.2, 0.25) is 0 Å². The normalized spacial score (nSPS) is 13.6. The molecule has 1 aromatic carbocycles. The number of aliphatic hydroxyl groups excluding tert-OH is 1. The molecule has 0 saturated heterocycles. The van der Waals surface area contributed by atoms with Crippen molar-refractivity contribution in [2.24, 2.45) is 5.73 Å². The molecule has 0 aliphatic rings. The van der Waals surface area contributed by atoms with E-state index >= 15 is 0 Å². The van der Waals surface area contributed by atoms with E-state index in [1.54, 1.807) is 7.11 Å². The molecule has 0 radical (unpaired) electrons. The zero-order chi connectivity index (χ0) is 12.3. The summed E-state index contributed by atoms with van der Waals surface area (Å²) in [4.78, 5) is 0. The van der Waals surface area contributed by atoms with Crippen LogP contribution in [0.25, 0.3) is 0 Å². The Morgan fingerprint density at radius 2 is 2.06 bits per heavy atom. The van der Waals surface area contributed by atoms with Crippen molar-refractivity contribution >= 4 is 0 Å². The maximum absolute atomic E-state index is 10.1. The molecule has 1 unspecified atom stereocenters. The maximum Gasteiger partial charge on any atom is 0.122 e. The minimum atomic E-state index is -0.663. The minimum Gasteiger partial charge on any atom is -0.496 e. The Hall–Kier alpha value is -1.06. The number of hydrogen-bond acceptors (Lipinski definition) is 3. The summed E-state index contributed by atoms with van der Waals surface area (Å²) in [6, 6.07) is 5.69.